The third kappa shape index (κ3) is 2.77. The molecule has 2 aromatic rings. The van der Waals surface area contributed by atoms with Crippen molar-refractivity contribution in [3.63, 3.8) is 0 Å². The van der Waals surface area contributed by atoms with Crippen molar-refractivity contribution in [1.29, 1.82) is 5.26 Å². The fourth-order valence-corrected chi connectivity index (χ4v) is 1.95. The second-order valence-corrected chi connectivity index (χ2v) is 4.41. The quantitative estimate of drug-likeness (QED) is 0.829. The van der Waals surface area contributed by atoms with Crippen LogP contribution in [-0.2, 0) is 0 Å². The highest BCUT2D eigenvalue weighted by Gasteiger charge is 2.01. The summed E-state index contributed by atoms with van der Waals surface area (Å²) >= 11 is 3.43. The summed E-state index contributed by atoms with van der Waals surface area (Å²) in [5, 5.41) is 12.0. The Morgan fingerprint density at radius 1 is 1.18 bits per heavy atom. The first-order chi connectivity index (χ1) is 8.19. The molecule has 0 aromatic heterocycles. The number of hydrogen-bond acceptors (Lipinski definition) is 3. The predicted octanol–water partition coefficient (Wildman–Crippen LogP) is 3.65. The van der Waals surface area contributed by atoms with Gasteiger partial charge in [0.05, 0.1) is 17.3 Å². The molecule has 0 aliphatic carbocycles. The van der Waals surface area contributed by atoms with Crippen LogP contribution in [0.15, 0.2) is 46.9 Å². The molecule has 0 fully saturated rings. The van der Waals surface area contributed by atoms with E-state index in [0.29, 0.717) is 11.3 Å². The maximum Gasteiger partial charge on any atom is 0.0992 e. The van der Waals surface area contributed by atoms with Crippen LogP contribution in [0, 0.1) is 11.3 Å². The topological polar surface area (TPSA) is 61.8 Å². The summed E-state index contributed by atoms with van der Waals surface area (Å²) in [4.78, 5) is 0. The zero-order valence-corrected chi connectivity index (χ0v) is 10.5. The Morgan fingerprint density at radius 2 is 2.00 bits per heavy atom. The number of hydrogen-bond donors (Lipinski definition) is 2. The maximum absolute atomic E-state index is 8.82. The highest BCUT2D eigenvalue weighted by Crippen LogP contribution is 2.27. The molecule has 2 aromatic carbocycles. The van der Waals surface area contributed by atoms with Gasteiger partial charge in [0.25, 0.3) is 0 Å². The lowest BCUT2D eigenvalue weighted by molar-refractivity contribution is 1.47. The molecule has 0 saturated heterocycles. The van der Waals surface area contributed by atoms with Gasteiger partial charge in [0.1, 0.15) is 0 Å². The van der Waals surface area contributed by atoms with Gasteiger partial charge in [-0.05, 0) is 52.3 Å². The van der Waals surface area contributed by atoms with Crippen molar-refractivity contribution in [3.05, 3.63) is 52.5 Å². The lowest BCUT2D eigenvalue weighted by atomic mass is 10.2. The van der Waals surface area contributed by atoms with Crippen LogP contribution in [0.5, 0.6) is 0 Å². The lowest BCUT2D eigenvalue weighted by Gasteiger charge is -2.09. The van der Waals surface area contributed by atoms with Gasteiger partial charge in [0.2, 0.25) is 0 Å². The van der Waals surface area contributed by atoms with Gasteiger partial charge in [-0.3, -0.25) is 0 Å². The standard InChI is InChI=1S/C13H10BrN3/c14-12-7-10(16)4-5-13(12)17-11-3-1-2-9(6-11)8-15/h1-7,17H,16H2. The second-order valence-electron chi connectivity index (χ2n) is 3.56. The van der Waals surface area contributed by atoms with Crippen molar-refractivity contribution in [3.8, 4) is 6.07 Å². The van der Waals surface area contributed by atoms with Crippen LogP contribution in [0.25, 0.3) is 0 Å². The Morgan fingerprint density at radius 3 is 2.71 bits per heavy atom. The van der Waals surface area contributed by atoms with Crippen molar-refractivity contribution in [2.24, 2.45) is 0 Å². The monoisotopic (exact) mass is 287 g/mol. The van der Waals surface area contributed by atoms with Gasteiger partial charge in [-0.25, -0.2) is 0 Å². The van der Waals surface area contributed by atoms with E-state index in [-0.39, 0.29) is 0 Å². The van der Waals surface area contributed by atoms with Crippen molar-refractivity contribution < 1.29 is 0 Å². The molecule has 3 N–H and O–H groups in total. The molecule has 0 aliphatic rings. The molecule has 0 amide bonds. The summed E-state index contributed by atoms with van der Waals surface area (Å²) in [6.45, 7) is 0. The highest BCUT2D eigenvalue weighted by molar-refractivity contribution is 9.10. The van der Waals surface area contributed by atoms with Crippen molar-refractivity contribution >= 4 is 33.0 Å². The molecule has 0 spiro atoms. The Labute approximate surface area is 108 Å². The summed E-state index contributed by atoms with van der Waals surface area (Å²) < 4.78 is 0.889. The van der Waals surface area contributed by atoms with Gasteiger partial charge >= 0.3 is 0 Å². The molecule has 0 bridgehead atoms. The molecule has 4 heteroatoms. The number of benzene rings is 2. The third-order valence-electron chi connectivity index (χ3n) is 2.26. The number of nitrogens with zero attached hydrogens (tertiary/aromatic N) is 1. The molecule has 3 nitrogen and oxygen atoms in total. The fraction of sp³-hybridized carbons (Fsp3) is 0. The van der Waals surface area contributed by atoms with Crippen LogP contribution < -0.4 is 11.1 Å². The lowest BCUT2D eigenvalue weighted by Crippen LogP contribution is -1.93. The van der Waals surface area contributed by atoms with E-state index in [1.54, 1.807) is 12.1 Å². The smallest absolute Gasteiger partial charge is 0.0992 e. The Hall–Kier alpha value is -1.99. The van der Waals surface area contributed by atoms with E-state index in [4.69, 9.17) is 11.0 Å². The van der Waals surface area contributed by atoms with E-state index < -0.39 is 0 Å². The van der Waals surface area contributed by atoms with Gasteiger partial charge in [0.15, 0.2) is 0 Å². The third-order valence-corrected chi connectivity index (χ3v) is 2.92. The van der Waals surface area contributed by atoms with E-state index in [0.717, 1.165) is 15.8 Å². The number of rotatable bonds is 2. The first-order valence-corrected chi connectivity index (χ1v) is 5.80. The summed E-state index contributed by atoms with van der Waals surface area (Å²) in [6.07, 6.45) is 0. The average molecular weight is 288 g/mol. The number of halogens is 1. The minimum atomic E-state index is 0.626. The zero-order chi connectivity index (χ0) is 12.3. The molecule has 2 rings (SSSR count). The Balaban J connectivity index is 2.28. The van der Waals surface area contributed by atoms with Gasteiger partial charge in [0, 0.05) is 15.8 Å². The zero-order valence-electron chi connectivity index (χ0n) is 8.94. The minimum Gasteiger partial charge on any atom is -0.399 e. The molecule has 0 radical (unpaired) electrons. The molecular formula is C13H10BrN3. The van der Waals surface area contributed by atoms with Crippen LogP contribution in [0.2, 0.25) is 0 Å². The highest BCUT2D eigenvalue weighted by atomic mass is 79.9. The number of nitrogens with one attached hydrogen (secondary N) is 1. The molecule has 0 atom stereocenters. The largest absolute Gasteiger partial charge is 0.399 e. The fourth-order valence-electron chi connectivity index (χ4n) is 1.45. The normalized spacial score (nSPS) is 9.65. The first-order valence-electron chi connectivity index (χ1n) is 5.01. The molecule has 84 valence electrons. The Kier molecular flexibility index (Phi) is 3.31. The molecule has 0 aliphatic heterocycles. The van der Waals surface area contributed by atoms with Crippen molar-refractivity contribution in [2.75, 3.05) is 11.1 Å². The summed E-state index contributed by atoms with van der Waals surface area (Å²) in [5.74, 6) is 0. The molecular weight excluding hydrogens is 278 g/mol. The number of nitrogen functional groups attached to an aromatic ring is 1. The minimum absolute atomic E-state index is 0.626. The van der Waals surface area contributed by atoms with Gasteiger partial charge < -0.3 is 11.1 Å². The van der Waals surface area contributed by atoms with Crippen molar-refractivity contribution in [1.82, 2.24) is 0 Å². The average Bonchev–Trinajstić information content (AvgIpc) is 2.33. The van der Waals surface area contributed by atoms with Gasteiger partial charge in [-0.2, -0.15) is 5.26 Å². The van der Waals surface area contributed by atoms with Crippen LogP contribution in [-0.4, -0.2) is 0 Å². The van der Waals surface area contributed by atoms with E-state index >= 15 is 0 Å². The summed E-state index contributed by atoms with van der Waals surface area (Å²) in [6, 6.07) is 15.0. The predicted molar refractivity (Wildman–Crippen MR) is 73.0 cm³/mol. The number of anilines is 3. The summed E-state index contributed by atoms with van der Waals surface area (Å²) in [5.41, 5.74) is 8.78. The summed E-state index contributed by atoms with van der Waals surface area (Å²) in [7, 11) is 0. The molecule has 17 heavy (non-hydrogen) atoms. The first kappa shape index (κ1) is 11.5. The molecule has 0 saturated carbocycles. The van der Waals surface area contributed by atoms with E-state index in [9.17, 15) is 0 Å². The van der Waals surface area contributed by atoms with Crippen LogP contribution >= 0.6 is 15.9 Å². The molecule has 0 unspecified atom stereocenters. The SMILES string of the molecule is N#Cc1cccc(Nc2ccc(N)cc2Br)c1. The maximum atomic E-state index is 8.82. The van der Waals surface area contributed by atoms with Crippen LogP contribution in [0.3, 0.4) is 0 Å². The van der Waals surface area contributed by atoms with E-state index in [1.165, 1.54) is 0 Å². The van der Waals surface area contributed by atoms with Gasteiger partial charge in [-0.15, -0.1) is 0 Å². The number of nitrogens with two attached hydrogens (primary N) is 1. The van der Waals surface area contributed by atoms with Crippen molar-refractivity contribution in [2.45, 2.75) is 0 Å². The van der Waals surface area contributed by atoms with E-state index in [1.807, 2.05) is 30.3 Å². The molecule has 0 heterocycles. The second kappa shape index (κ2) is 4.89. The van der Waals surface area contributed by atoms with E-state index in [2.05, 4.69) is 27.3 Å². The van der Waals surface area contributed by atoms with Crippen LogP contribution in [0.1, 0.15) is 5.56 Å². The Bertz CT molecular complexity index is 587. The number of nitriles is 1. The van der Waals surface area contributed by atoms with Gasteiger partial charge in [-0.1, -0.05) is 6.07 Å². The van der Waals surface area contributed by atoms with Crippen LogP contribution in [0.4, 0.5) is 17.1 Å².